The quantitative estimate of drug-likeness (QED) is 0.0169. The number of rotatable bonds is 80. The van der Waals surface area contributed by atoms with Crippen LogP contribution < -0.4 is 0 Å². The summed E-state index contributed by atoms with van der Waals surface area (Å²) in [7, 11) is -9.95. The fourth-order valence-electron chi connectivity index (χ4n) is 11.8. The lowest BCUT2D eigenvalue weighted by Crippen LogP contribution is -2.30. The SMILES string of the molecule is CCCCC/C=C\C/C=C\CCCCCCCC(=O)OC[C@H](COP(=O)(O)OC[C@@H](O)COP(=O)(O)OC[C@@H](COC(=O)CCCCCCC/C=C\CCCCCCCC)OC(=O)CCCCCCC/C=C\CCCCCCCC)OC(=O)CCCCCCCCCCCCCCCCCCC. The normalized spacial score (nSPS) is 14.1. The molecule has 3 N–H and O–H groups in total. The van der Waals surface area contributed by atoms with Gasteiger partial charge in [0.1, 0.15) is 19.3 Å². The Morgan fingerprint density at radius 2 is 0.480 bits per heavy atom. The van der Waals surface area contributed by atoms with E-state index >= 15 is 0 Å². The molecule has 5 atom stereocenters. The number of aliphatic hydroxyl groups excluding tert-OH is 1. The minimum Gasteiger partial charge on any atom is -0.462 e. The van der Waals surface area contributed by atoms with E-state index in [4.69, 9.17) is 37.0 Å². The van der Waals surface area contributed by atoms with Gasteiger partial charge in [-0.15, -0.1) is 0 Å². The zero-order valence-corrected chi connectivity index (χ0v) is 67.3. The fraction of sp³-hybridized carbons (Fsp3) is 0.855. The van der Waals surface area contributed by atoms with Crippen LogP contribution in [-0.2, 0) is 65.4 Å². The molecule has 0 fully saturated rings. The second kappa shape index (κ2) is 76.2. The van der Waals surface area contributed by atoms with Crippen molar-refractivity contribution in [2.45, 2.75) is 418 Å². The van der Waals surface area contributed by atoms with E-state index in [0.29, 0.717) is 25.7 Å². The van der Waals surface area contributed by atoms with Gasteiger partial charge in [-0.2, -0.15) is 0 Å². The summed E-state index contributed by atoms with van der Waals surface area (Å²) in [5.74, 6) is -2.17. The molecule has 0 aromatic carbocycles. The number of phosphoric ester groups is 2. The maximum atomic E-state index is 13.1. The molecule has 0 aliphatic rings. The smallest absolute Gasteiger partial charge is 0.462 e. The number of hydrogen-bond acceptors (Lipinski definition) is 15. The van der Waals surface area contributed by atoms with Crippen molar-refractivity contribution in [2.24, 2.45) is 0 Å². The van der Waals surface area contributed by atoms with Crippen molar-refractivity contribution in [1.82, 2.24) is 0 Å². The van der Waals surface area contributed by atoms with Crippen LogP contribution in [0.25, 0.3) is 0 Å². The molecule has 19 heteroatoms. The zero-order valence-electron chi connectivity index (χ0n) is 65.6. The molecule has 0 aromatic rings. The molecule has 0 amide bonds. The van der Waals surface area contributed by atoms with Crippen LogP contribution in [0.15, 0.2) is 48.6 Å². The van der Waals surface area contributed by atoms with Gasteiger partial charge in [-0.3, -0.25) is 37.3 Å². The Balaban J connectivity index is 5.34. The van der Waals surface area contributed by atoms with E-state index in [2.05, 4.69) is 76.3 Å². The van der Waals surface area contributed by atoms with Crippen molar-refractivity contribution in [2.75, 3.05) is 39.6 Å². The number of carbonyl (C=O) groups excluding carboxylic acids is 4. The van der Waals surface area contributed by atoms with Crippen LogP contribution in [-0.4, -0.2) is 96.7 Å². The molecule has 0 aromatic heterocycles. The zero-order chi connectivity index (χ0) is 74.6. The molecule has 0 aliphatic carbocycles. The minimum atomic E-state index is -4.97. The highest BCUT2D eigenvalue weighted by atomic mass is 31.2. The second-order valence-electron chi connectivity index (χ2n) is 28.4. The van der Waals surface area contributed by atoms with Crippen LogP contribution in [0.5, 0.6) is 0 Å². The summed E-state index contributed by atoms with van der Waals surface area (Å²) in [4.78, 5) is 73.1. The fourth-order valence-corrected chi connectivity index (χ4v) is 13.4. The molecule has 0 radical (unpaired) electrons. The Morgan fingerprint density at radius 1 is 0.275 bits per heavy atom. The summed E-state index contributed by atoms with van der Waals surface area (Å²) in [5.41, 5.74) is 0. The van der Waals surface area contributed by atoms with Gasteiger partial charge >= 0.3 is 39.5 Å². The molecule has 0 aliphatic heterocycles. The highest BCUT2D eigenvalue weighted by Gasteiger charge is 2.30. The van der Waals surface area contributed by atoms with Gasteiger partial charge in [-0.25, -0.2) is 9.13 Å². The van der Waals surface area contributed by atoms with Crippen LogP contribution in [0.1, 0.15) is 400 Å². The summed E-state index contributed by atoms with van der Waals surface area (Å²) in [5, 5.41) is 10.7. The van der Waals surface area contributed by atoms with E-state index in [-0.39, 0.29) is 25.7 Å². The lowest BCUT2D eigenvalue weighted by Gasteiger charge is -2.21. The average molecular weight is 1490 g/mol. The van der Waals surface area contributed by atoms with Crippen molar-refractivity contribution in [3.63, 3.8) is 0 Å². The maximum absolute atomic E-state index is 13.1. The van der Waals surface area contributed by atoms with E-state index in [1.54, 1.807) is 0 Å². The Hall–Kier alpha value is -2.98. The number of esters is 4. The van der Waals surface area contributed by atoms with Gasteiger partial charge in [0, 0.05) is 25.7 Å². The topological polar surface area (TPSA) is 237 Å². The van der Waals surface area contributed by atoms with Gasteiger partial charge < -0.3 is 33.8 Å². The largest absolute Gasteiger partial charge is 0.472 e. The number of allylic oxidation sites excluding steroid dienone is 8. The molecule has 0 rings (SSSR count). The number of hydrogen-bond donors (Lipinski definition) is 3. The Labute approximate surface area is 623 Å². The molecule has 0 bridgehead atoms. The Kier molecular flexibility index (Phi) is 74.0. The average Bonchev–Trinajstić information content (AvgIpc) is 1.12. The first-order chi connectivity index (χ1) is 49.7. The number of phosphoric acid groups is 2. The first-order valence-electron chi connectivity index (χ1n) is 41.9. The van der Waals surface area contributed by atoms with E-state index in [1.165, 1.54) is 173 Å². The molecule has 0 saturated heterocycles. The molecular formula is C83H154O17P2. The third kappa shape index (κ3) is 75.3. The standard InChI is InChI=1S/C83H154O17P2/c1-5-9-13-17-21-25-29-33-37-38-42-46-50-54-58-62-66-70-83(88)100-79(74-94-81(86)68-64-60-56-52-48-44-40-35-31-27-23-19-15-11-7-3)76-98-102(91,92)96-72-77(84)71-95-101(89,90)97-75-78(99-82(87)69-65-61-57-53-49-45-41-36-32-28-24-20-16-12-8-4)73-93-80(85)67-63-59-55-51-47-43-39-34-30-26-22-18-14-10-6-2/h23,27,34-36,39-41,77-79,84H,5-22,24-26,28-33,37-38,42-76H2,1-4H3,(H,89,90)(H,91,92)/b27-23-,39-34-,40-35-,41-36-/t77-,78+,79+/m0/s1. The summed E-state index contributed by atoms with van der Waals surface area (Å²) >= 11 is 0. The van der Waals surface area contributed by atoms with E-state index in [0.717, 1.165) is 148 Å². The first kappa shape index (κ1) is 99.0. The highest BCUT2D eigenvalue weighted by molar-refractivity contribution is 7.47. The lowest BCUT2D eigenvalue weighted by atomic mass is 10.0. The van der Waals surface area contributed by atoms with Crippen LogP contribution in [0.2, 0.25) is 0 Å². The van der Waals surface area contributed by atoms with Crippen LogP contribution >= 0.6 is 15.6 Å². The number of unbranched alkanes of at least 4 members (excludes halogenated alkanes) is 46. The van der Waals surface area contributed by atoms with Gasteiger partial charge in [0.25, 0.3) is 0 Å². The van der Waals surface area contributed by atoms with Crippen LogP contribution in [0, 0.1) is 0 Å². The predicted octanol–water partition coefficient (Wildman–Crippen LogP) is 24.5. The van der Waals surface area contributed by atoms with Gasteiger partial charge in [0.15, 0.2) is 12.2 Å². The summed E-state index contributed by atoms with van der Waals surface area (Å²) in [6.07, 6.45) is 75.0. The molecule has 17 nitrogen and oxygen atoms in total. The molecule has 598 valence electrons. The number of carbonyl (C=O) groups is 4. The van der Waals surface area contributed by atoms with Crippen LogP contribution in [0.4, 0.5) is 0 Å². The van der Waals surface area contributed by atoms with Crippen LogP contribution in [0.3, 0.4) is 0 Å². The Morgan fingerprint density at radius 3 is 0.755 bits per heavy atom. The molecule has 0 saturated carbocycles. The third-order valence-electron chi connectivity index (χ3n) is 18.3. The van der Waals surface area contributed by atoms with E-state index in [9.17, 15) is 43.2 Å². The molecule has 102 heavy (non-hydrogen) atoms. The Bertz CT molecular complexity index is 2120. The van der Waals surface area contributed by atoms with Crippen molar-refractivity contribution in [3.8, 4) is 0 Å². The number of ether oxygens (including phenoxy) is 4. The maximum Gasteiger partial charge on any atom is 0.472 e. The second-order valence-corrected chi connectivity index (χ2v) is 31.3. The summed E-state index contributed by atoms with van der Waals surface area (Å²) < 4.78 is 68.7. The van der Waals surface area contributed by atoms with Gasteiger partial charge in [-0.05, 0) is 109 Å². The monoisotopic (exact) mass is 1490 g/mol. The third-order valence-corrected chi connectivity index (χ3v) is 20.2. The van der Waals surface area contributed by atoms with Gasteiger partial charge in [-0.1, -0.05) is 314 Å². The van der Waals surface area contributed by atoms with Gasteiger partial charge in [0.2, 0.25) is 0 Å². The lowest BCUT2D eigenvalue weighted by molar-refractivity contribution is -0.161. The van der Waals surface area contributed by atoms with E-state index in [1.807, 2.05) is 0 Å². The molecule has 0 heterocycles. The van der Waals surface area contributed by atoms with Crippen molar-refractivity contribution in [1.29, 1.82) is 0 Å². The summed E-state index contributed by atoms with van der Waals surface area (Å²) in [6, 6.07) is 0. The molecule has 0 spiro atoms. The molecular weight excluding hydrogens is 1330 g/mol. The van der Waals surface area contributed by atoms with Crippen molar-refractivity contribution in [3.05, 3.63) is 48.6 Å². The minimum absolute atomic E-state index is 0.0888. The van der Waals surface area contributed by atoms with Crippen molar-refractivity contribution >= 4 is 39.5 Å². The first-order valence-corrected chi connectivity index (χ1v) is 44.9. The number of aliphatic hydroxyl groups is 1. The highest BCUT2D eigenvalue weighted by Crippen LogP contribution is 2.45. The van der Waals surface area contributed by atoms with Gasteiger partial charge in [0.05, 0.1) is 26.4 Å². The summed E-state index contributed by atoms with van der Waals surface area (Å²) in [6.45, 7) is 4.91. The van der Waals surface area contributed by atoms with Crippen molar-refractivity contribution < 1.29 is 80.2 Å². The molecule has 2 unspecified atom stereocenters. The predicted molar refractivity (Wildman–Crippen MR) is 418 cm³/mol. The van der Waals surface area contributed by atoms with E-state index < -0.39 is 97.5 Å².